The number of nitrogens with one attached hydrogen (secondary N) is 1. The topological polar surface area (TPSA) is 81.4 Å². The Labute approximate surface area is 207 Å². The summed E-state index contributed by atoms with van der Waals surface area (Å²) in [6, 6.07) is 11.4. The number of halogens is 6. The molecule has 0 unspecified atom stereocenters. The lowest BCUT2D eigenvalue weighted by Crippen LogP contribution is -2.21. The van der Waals surface area contributed by atoms with Crippen LogP contribution in [0.3, 0.4) is 0 Å². The van der Waals surface area contributed by atoms with Crippen LogP contribution in [0.1, 0.15) is 16.8 Å². The molecular formula is C25H14F6N6O. The second-order valence-electron chi connectivity index (χ2n) is 8.60. The Morgan fingerprint density at radius 1 is 0.842 bits per heavy atom. The number of alkyl halides is 6. The molecule has 0 saturated heterocycles. The number of fused-ring (bicyclic) bond motifs is 4. The van der Waals surface area contributed by atoms with Crippen molar-refractivity contribution in [2.45, 2.75) is 18.9 Å². The van der Waals surface area contributed by atoms with Gasteiger partial charge in [-0.1, -0.05) is 18.2 Å². The third-order valence-electron chi connectivity index (χ3n) is 6.16. The van der Waals surface area contributed by atoms with E-state index in [1.165, 1.54) is 35.3 Å². The van der Waals surface area contributed by atoms with Gasteiger partial charge in [0.05, 0.1) is 29.5 Å². The predicted octanol–water partition coefficient (Wildman–Crippen LogP) is 5.70. The Morgan fingerprint density at radius 2 is 1.61 bits per heavy atom. The molecule has 7 nitrogen and oxygen atoms in total. The molecule has 38 heavy (non-hydrogen) atoms. The van der Waals surface area contributed by atoms with E-state index in [2.05, 4.69) is 20.3 Å². The zero-order chi connectivity index (χ0) is 26.8. The maximum Gasteiger partial charge on any atom is 0.433 e. The third kappa shape index (κ3) is 3.86. The fourth-order valence-corrected chi connectivity index (χ4v) is 4.40. The SMILES string of the molecule is O=c1c2nn(Cc3ccc(C(F)(F)F)cc3)cc2c2ccc(C(F)(F)F)nc2n1-c1cccc2[nH]ncc12. The van der Waals surface area contributed by atoms with Gasteiger partial charge in [0.15, 0.2) is 5.52 Å². The number of aromatic amines is 1. The normalized spacial score (nSPS) is 12.7. The molecule has 1 N–H and O–H groups in total. The average molecular weight is 528 g/mol. The number of pyridine rings is 2. The minimum atomic E-state index is -4.75. The highest BCUT2D eigenvalue weighted by atomic mass is 19.4. The average Bonchev–Trinajstić information content (AvgIpc) is 3.51. The van der Waals surface area contributed by atoms with E-state index in [-0.39, 0.29) is 34.2 Å². The molecule has 0 radical (unpaired) electrons. The summed E-state index contributed by atoms with van der Waals surface area (Å²) >= 11 is 0. The molecule has 13 heteroatoms. The van der Waals surface area contributed by atoms with Crippen LogP contribution in [-0.4, -0.2) is 29.5 Å². The summed E-state index contributed by atoms with van der Waals surface area (Å²) in [5.41, 5.74) is -1.64. The summed E-state index contributed by atoms with van der Waals surface area (Å²) in [6.07, 6.45) is -6.32. The fraction of sp³-hybridized carbons (Fsp3) is 0.120. The quantitative estimate of drug-likeness (QED) is 0.299. The molecule has 0 fully saturated rings. The highest BCUT2D eigenvalue weighted by Crippen LogP contribution is 2.33. The van der Waals surface area contributed by atoms with E-state index in [1.54, 1.807) is 18.2 Å². The second kappa shape index (κ2) is 8.16. The summed E-state index contributed by atoms with van der Waals surface area (Å²) in [4.78, 5) is 17.5. The van der Waals surface area contributed by atoms with Crippen LogP contribution in [0.4, 0.5) is 26.3 Å². The first kappa shape index (κ1) is 23.7. The monoisotopic (exact) mass is 528 g/mol. The number of H-pyrrole nitrogens is 1. The predicted molar refractivity (Wildman–Crippen MR) is 126 cm³/mol. The summed E-state index contributed by atoms with van der Waals surface area (Å²) < 4.78 is 81.8. The molecule has 0 saturated carbocycles. The molecular weight excluding hydrogens is 514 g/mol. The van der Waals surface area contributed by atoms with Gasteiger partial charge in [0, 0.05) is 22.4 Å². The van der Waals surface area contributed by atoms with Gasteiger partial charge in [-0.3, -0.25) is 19.1 Å². The maximum absolute atomic E-state index is 13.7. The molecule has 0 amide bonds. The minimum Gasteiger partial charge on any atom is -0.278 e. The Balaban J connectivity index is 1.58. The Kier molecular flexibility index (Phi) is 5.09. The van der Waals surface area contributed by atoms with Crippen molar-refractivity contribution >= 4 is 32.8 Å². The maximum atomic E-state index is 13.7. The first-order chi connectivity index (χ1) is 18.0. The van der Waals surface area contributed by atoms with Crippen LogP contribution >= 0.6 is 0 Å². The van der Waals surface area contributed by atoms with Crippen LogP contribution in [0, 0.1) is 0 Å². The van der Waals surface area contributed by atoms with E-state index in [4.69, 9.17) is 0 Å². The van der Waals surface area contributed by atoms with E-state index >= 15 is 0 Å². The number of benzene rings is 2. The minimum absolute atomic E-state index is 0.0269. The molecule has 0 spiro atoms. The number of nitrogens with zero attached hydrogens (tertiary/aromatic N) is 5. The van der Waals surface area contributed by atoms with E-state index < -0.39 is 29.2 Å². The highest BCUT2D eigenvalue weighted by Gasteiger charge is 2.33. The summed E-state index contributed by atoms with van der Waals surface area (Å²) in [5.74, 6) is 0. The fourth-order valence-electron chi connectivity index (χ4n) is 4.40. The van der Waals surface area contributed by atoms with Gasteiger partial charge in [-0.15, -0.1) is 0 Å². The lowest BCUT2D eigenvalue weighted by Gasteiger charge is -2.13. The van der Waals surface area contributed by atoms with Gasteiger partial charge in [0.25, 0.3) is 5.56 Å². The molecule has 6 rings (SSSR count). The third-order valence-corrected chi connectivity index (χ3v) is 6.16. The molecule has 0 aliphatic rings. The smallest absolute Gasteiger partial charge is 0.278 e. The molecule has 0 aliphatic carbocycles. The molecule has 6 aromatic rings. The largest absolute Gasteiger partial charge is 0.433 e. The van der Waals surface area contributed by atoms with Crippen molar-refractivity contribution in [3.05, 3.63) is 94.2 Å². The number of aromatic nitrogens is 6. The van der Waals surface area contributed by atoms with Crippen LogP contribution in [0.15, 0.2) is 71.8 Å². The van der Waals surface area contributed by atoms with Crippen molar-refractivity contribution in [2.24, 2.45) is 0 Å². The molecule has 192 valence electrons. The van der Waals surface area contributed by atoms with E-state index in [9.17, 15) is 31.1 Å². The Hall–Kier alpha value is -4.68. The zero-order valence-electron chi connectivity index (χ0n) is 19.0. The Morgan fingerprint density at radius 3 is 2.32 bits per heavy atom. The molecule has 0 atom stereocenters. The van der Waals surface area contributed by atoms with Crippen LogP contribution in [-0.2, 0) is 18.9 Å². The van der Waals surface area contributed by atoms with E-state index in [0.29, 0.717) is 16.5 Å². The summed E-state index contributed by atoms with van der Waals surface area (Å²) in [7, 11) is 0. The summed E-state index contributed by atoms with van der Waals surface area (Å²) in [6.45, 7) is 0.0269. The van der Waals surface area contributed by atoms with Gasteiger partial charge in [-0.25, -0.2) is 4.98 Å². The van der Waals surface area contributed by atoms with E-state index in [0.717, 1.165) is 22.8 Å². The number of hydrogen-bond donors (Lipinski definition) is 1. The van der Waals surface area contributed by atoms with Crippen molar-refractivity contribution in [3.8, 4) is 5.69 Å². The first-order valence-corrected chi connectivity index (χ1v) is 11.1. The van der Waals surface area contributed by atoms with Crippen LogP contribution in [0.2, 0.25) is 0 Å². The van der Waals surface area contributed by atoms with Crippen molar-refractivity contribution in [1.29, 1.82) is 0 Å². The van der Waals surface area contributed by atoms with Gasteiger partial charge < -0.3 is 0 Å². The van der Waals surface area contributed by atoms with Crippen molar-refractivity contribution < 1.29 is 26.3 Å². The van der Waals surface area contributed by atoms with E-state index in [1.807, 2.05) is 0 Å². The zero-order valence-corrected chi connectivity index (χ0v) is 19.0. The lowest BCUT2D eigenvalue weighted by atomic mass is 10.1. The van der Waals surface area contributed by atoms with Gasteiger partial charge in [0.1, 0.15) is 11.3 Å². The molecule has 4 aromatic heterocycles. The van der Waals surface area contributed by atoms with Crippen molar-refractivity contribution in [2.75, 3.05) is 0 Å². The summed E-state index contributed by atoms with van der Waals surface area (Å²) in [5, 5.41) is 12.0. The first-order valence-electron chi connectivity index (χ1n) is 11.1. The van der Waals surface area contributed by atoms with Gasteiger partial charge in [-0.2, -0.15) is 36.5 Å². The van der Waals surface area contributed by atoms with Crippen LogP contribution < -0.4 is 5.56 Å². The lowest BCUT2D eigenvalue weighted by molar-refractivity contribution is -0.141. The van der Waals surface area contributed by atoms with Gasteiger partial charge in [0.2, 0.25) is 0 Å². The van der Waals surface area contributed by atoms with Crippen LogP contribution in [0.25, 0.3) is 38.5 Å². The Bertz CT molecular complexity index is 1900. The molecule has 0 aliphatic heterocycles. The molecule has 0 bridgehead atoms. The van der Waals surface area contributed by atoms with Gasteiger partial charge in [-0.05, 0) is 42.0 Å². The number of rotatable bonds is 3. The second-order valence-corrected chi connectivity index (χ2v) is 8.60. The van der Waals surface area contributed by atoms with Crippen molar-refractivity contribution in [1.82, 2.24) is 29.5 Å². The molecule has 4 heterocycles. The van der Waals surface area contributed by atoms with Gasteiger partial charge >= 0.3 is 12.4 Å². The van der Waals surface area contributed by atoms with Crippen molar-refractivity contribution in [3.63, 3.8) is 0 Å². The number of hydrogen-bond acceptors (Lipinski definition) is 4. The molecule has 2 aromatic carbocycles. The highest BCUT2D eigenvalue weighted by molar-refractivity contribution is 6.04. The standard InChI is InChI=1S/C25H14F6N6O/c26-24(27,28)14-6-4-13(5-7-14)11-36-12-17-15-8-9-20(25(29,30)31)33-22(15)37(23(38)21(17)35-36)19-3-1-2-18-16(19)10-32-34-18/h1-10,12H,11H2,(H,32,34). The van der Waals surface area contributed by atoms with Crippen LogP contribution in [0.5, 0.6) is 0 Å².